The van der Waals surface area contributed by atoms with E-state index in [0.29, 0.717) is 0 Å². The fourth-order valence-corrected chi connectivity index (χ4v) is 0.792. The maximum absolute atomic E-state index is 12.7. The maximum atomic E-state index is 12.7. The summed E-state index contributed by atoms with van der Waals surface area (Å²) in [6, 6.07) is 5.71. The van der Waals surface area contributed by atoms with Crippen molar-refractivity contribution < 1.29 is 13.2 Å². The first-order valence-corrected chi connectivity index (χ1v) is 3.46. The van der Waals surface area contributed by atoms with Gasteiger partial charge in [-0.2, -0.15) is 0 Å². The predicted molar refractivity (Wildman–Crippen MR) is 40.9 cm³/mol. The first-order chi connectivity index (χ1) is 5.70. The van der Waals surface area contributed by atoms with Crippen molar-refractivity contribution >= 4 is 5.69 Å². The highest BCUT2D eigenvalue weighted by atomic mass is 19.3. The fourth-order valence-electron chi connectivity index (χ4n) is 0.792. The molecule has 66 valence electrons. The number of benzene rings is 1. The van der Waals surface area contributed by atoms with Crippen LogP contribution in [-0.2, 0) is 0 Å². The molecule has 1 rings (SSSR count). The van der Waals surface area contributed by atoms with E-state index in [1.807, 2.05) is 0 Å². The molecule has 0 aliphatic rings. The Balaban J connectivity index is 2.57. The van der Waals surface area contributed by atoms with Crippen molar-refractivity contribution in [2.24, 2.45) is 0 Å². The monoisotopic (exact) mass is 175 g/mol. The zero-order valence-electron chi connectivity index (χ0n) is 6.23. The average molecular weight is 175 g/mol. The van der Waals surface area contributed by atoms with Crippen LogP contribution in [0.2, 0.25) is 0 Å². The summed E-state index contributed by atoms with van der Waals surface area (Å²) in [5.74, 6) is -0.516. The number of hydrogen-bond acceptors (Lipinski definition) is 1. The highest BCUT2D eigenvalue weighted by molar-refractivity contribution is 5.44. The third kappa shape index (κ3) is 2.45. The molecule has 0 unspecified atom stereocenters. The molecule has 0 aliphatic heterocycles. The minimum absolute atomic E-state index is 0.109. The van der Waals surface area contributed by atoms with Gasteiger partial charge in [-0.3, -0.25) is 0 Å². The first kappa shape index (κ1) is 8.90. The van der Waals surface area contributed by atoms with Crippen LogP contribution in [0.3, 0.4) is 0 Å². The Hall–Kier alpha value is -1.19. The van der Waals surface area contributed by atoms with Gasteiger partial charge in [-0.1, -0.05) is 12.1 Å². The lowest BCUT2D eigenvalue weighted by atomic mass is 10.3. The molecule has 0 radical (unpaired) electrons. The van der Waals surface area contributed by atoms with Crippen molar-refractivity contribution in [2.45, 2.75) is 6.43 Å². The van der Waals surface area contributed by atoms with Gasteiger partial charge in [0.1, 0.15) is 5.82 Å². The number of hydrogen-bond donors (Lipinski definition) is 1. The highest BCUT2D eigenvalue weighted by Crippen LogP contribution is 2.12. The maximum Gasteiger partial charge on any atom is 0.255 e. The van der Waals surface area contributed by atoms with E-state index in [1.54, 1.807) is 6.07 Å². The van der Waals surface area contributed by atoms with Crippen LogP contribution >= 0.6 is 0 Å². The Morgan fingerprint density at radius 3 is 2.50 bits per heavy atom. The van der Waals surface area contributed by atoms with Gasteiger partial charge in [-0.25, -0.2) is 13.2 Å². The van der Waals surface area contributed by atoms with Gasteiger partial charge in [0.2, 0.25) is 0 Å². The predicted octanol–water partition coefficient (Wildman–Crippen LogP) is 2.50. The smallest absolute Gasteiger partial charge is 0.255 e. The minimum Gasteiger partial charge on any atom is -0.377 e. The van der Waals surface area contributed by atoms with E-state index in [-0.39, 0.29) is 5.69 Å². The molecule has 1 N–H and O–H groups in total. The summed E-state index contributed by atoms with van der Waals surface area (Å²) in [4.78, 5) is 0. The molecular weight excluding hydrogens is 167 g/mol. The molecule has 0 atom stereocenters. The second kappa shape index (κ2) is 3.99. The lowest BCUT2D eigenvalue weighted by Gasteiger charge is -2.05. The second-order valence-corrected chi connectivity index (χ2v) is 2.25. The van der Waals surface area contributed by atoms with Gasteiger partial charge in [0, 0.05) is 0 Å². The summed E-state index contributed by atoms with van der Waals surface area (Å²) in [6.07, 6.45) is -2.47. The van der Waals surface area contributed by atoms with Gasteiger partial charge in [-0.05, 0) is 12.1 Å². The largest absolute Gasteiger partial charge is 0.377 e. The van der Waals surface area contributed by atoms with Crippen molar-refractivity contribution in [1.82, 2.24) is 0 Å². The molecule has 1 aromatic carbocycles. The number of rotatable bonds is 3. The molecule has 0 aliphatic carbocycles. The fraction of sp³-hybridized carbons (Fsp3) is 0.250. The Bertz CT molecular complexity index is 250. The molecule has 12 heavy (non-hydrogen) atoms. The summed E-state index contributed by atoms with van der Waals surface area (Å²) in [5.41, 5.74) is 0.109. The molecule has 0 saturated carbocycles. The normalized spacial score (nSPS) is 10.3. The summed E-state index contributed by atoms with van der Waals surface area (Å²) in [6.45, 7) is -0.527. The molecular formula is C8H8F3N. The Morgan fingerprint density at radius 1 is 1.25 bits per heavy atom. The zero-order valence-corrected chi connectivity index (χ0v) is 6.23. The highest BCUT2D eigenvalue weighted by Gasteiger charge is 2.03. The summed E-state index contributed by atoms with van der Waals surface area (Å²) in [7, 11) is 0. The van der Waals surface area contributed by atoms with Crippen molar-refractivity contribution in [3.05, 3.63) is 30.1 Å². The number of halogens is 3. The van der Waals surface area contributed by atoms with Crippen LogP contribution in [0, 0.1) is 5.82 Å². The molecule has 4 heteroatoms. The summed E-state index contributed by atoms with van der Waals surface area (Å²) < 4.78 is 36.1. The zero-order chi connectivity index (χ0) is 8.97. The third-order valence-corrected chi connectivity index (χ3v) is 1.32. The number of alkyl halides is 2. The molecule has 1 aromatic rings. The van der Waals surface area contributed by atoms with E-state index in [0.717, 1.165) is 0 Å². The first-order valence-electron chi connectivity index (χ1n) is 3.46. The van der Waals surface area contributed by atoms with Crippen LogP contribution in [0.25, 0.3) is 0 Å². The van der Waals surface area contributed by atoms with E-state index >= 15 is 0 Å². The van der Waals surface area contributed by atoms with Gasteiger partial charge < -0.3 is 5.32 Å². The molecule has 0 saturated heterocycles. The van der Waals surface area contributed by atoms with Crippen molar-refractivity contribution in [1.29, 1.82) is 0 Å². The van der Waals surface area contributed by atoms with E-state index < -0.39 is 18.8 Å². The topological polar surface area (TPSA) is 12.0 Å². The van der Waals surface area contributed by atoms with Crippen LogP contribution in [0.4, 0.5) is 18.9 Å². The van der Waals surface area contributed by atoms with E-state index in [4.69, 9.17) is 0 Å². The molecule has 0 bridgehead atoms. The SMILES string of the molecule is Fc1ccccc1NCC(F)F. The Kier molecular flexibility index (Phi) is 2.96. The molecule has 0 spiro atoms. The van der Waals surface area contributed by atoms with Crippen LogP contribution in [0.5, 0.6) is 0 Å². The Morgan fingerprint density at radius 2 is 1.92 bits per heavy atom. The molecule has 0 amide bonds. The van der Waals surface area contributed by atoms with Crippen LogP contribution < -0.4 is 5.32 Å². The van der Waals surface area contributed by atoms with Crippen molar-refractivity contribution in [2.75, 3.05) is 11.9 Å². The average Bonchev–Trinajstić information content (AvgIpc) is 2.03. The van der Waals surface area contributed by atoms with Gasteiger partial charge in [0.25, 0.3) is 6.43 Å². The van der Waals surface area contributed by atoms with E-state index in [1.165, 1.54) is 18.2 Å². The van der Waals surface area contributed by atoms with Gasteiger partial charge >= 0.3 is 0 Å². The molecule has 1 nitrogen and oxygen atoms in total. The van der Waals surface area contributed by atoms with Crippen LogP contribution in [-0.4, -0.2) is 13.0 Å². The van der Waals surface area contributed by atoms with Gasteiger partial charge in [0.05, 0.1) is 12.2 Å². The lowest BCUT2D eigenvalue weighted by molar-refractivity contribution is 0.163. The van der Waals surface area contributed by atoms with Gasteiger partial charge in [-0.15, -0.1) is 0 Å². The quantitative estimate of drug-likeness (QED) is 0.744. The number of para-hydroxylation sites is 1. The van der Waals surface area contributed by atoms with E-state index in [2.05, 4.69) is 5.32 Å². The summed E-state index contributed by atoms with van der Waals surface area (Å²) in [5, 5.41) is 2.29. The standard InChI is InChI=1S/C8H8F3N/c9-6-3-1-2-4-7(6)12-5-8(10)11/h1-4,8,12H,5H2. The molecule has 0 aromatic heterocycles. The van der Waals surface area contributed by atoms with Crippen molar-refractivity contribution in [3.63, 3.8) is 0 Å². The molecule has 0 heterocycles. The third-order valence-electron chi connectivity index (χ3n) is 1.32. The van der Waals surface area contributed by atoms with Gasteiger partial charge in [0.15, 0.2) is 0 Å². The number of anilines is 1. The lowest BCUT2D eigenvalue weighted by Crippen LogP contribution is -2.10. The Labute approximate surface area is 68.2 Å². The second-order valence-electron chi connectivity index (χ2n) is 2.25. The summed E-state index contributed by atoms with van der Waals surface area (Å²) >= 11 is 0. The van der Waals surface area contributed by atoms with E-state index in [9.17, 15) is 13.2 Å². The number of nitrogens with one attached hydrogen (secondary N) is 1. The van der Waals surface area contributed by atoms with Crippen LogP contribution in [0.1, 0.15) is 0 Å². The minimum atomic E-state index is -2.47. The van der Waals surface area contributed by atoms with Crippen LogP contribution in [0.15, 0.2) is 24.3 Å². The van der Waals surface area contributed by atoms with Crippen molar-refractivity contribution in [3.8, 4) is 0 Å². The molecule has 0 fully saturated rings.